The summed E-state index contributed by atoms with van der Waals surface area (Å²) < 4.78 is 0. The van der Waals surface area contributed by atoms with Gasteiger partial charge in [-0.15, -0.1) is 0 Å². The molecule has 1 unspecified atom stereocenters. The highest BCUT2D eigenvalue weighted by Gasteiger charge is 2.22. The van der Waals surface area contributed by atoms with E-state index in [0.29, 0.717) is 11.9 Å². The van der Waals surface area contributed by atoms with Gasteiger partial charge in [0.25, 0.3) is 0 Å². The fourth-order valence-electron chi connectivity index (χ4n) is 4.45. The highest BCUT2D eigenvalue weighted by Crippen LogP contribution is 2.14. The number of allylic oxidation sites excluding steroid dienone is 2. The van der Waals surface area contributed by atoms with E-state index in [2.05, 4.69) is 99.3 Å². The van der Waals surface area contributed by atoms with Crippen molar-refractivity contribution in [3.05, 3.63) is 53.7 Å². The second-order valence-electron chi connectivity index (χ2n) is 9.90. The zero-order chi connectivity index (χ0) is 25.9. The molecule has 2 aliphatic rings. The maximum Gasteiger partial charge on any atom is 0.206 e. The van der Waals surface area contributed by atoms with Crippen LogP contribution in [0.4, 0.5) is 11.5 Å². The molecule has 1 fully saturated rings. The molecule has 200 valence electrons. The molecule has 37 heavy (non-hydrogen) atoms. The smallest absolute Gasteiger partial charge is 0.206 e. The number of nitrogens with zero attached hydrogens (tertiary/aromatic N) is 5. The van der Waals surface area contributed by atoms with E-state index in [1.54, 1.807) is 0 Å². The van der Waals surface area contributed by atoms with Gasteiger partial charge in [0.15, 0.2) is 12.0 Å². The van der Waals surface area contributed by atoms with Gasteiger partial charge in [0.1, 0.15) is 0 Å². The van der Waals surface area contributed by atoms with E-state index < -0.39 is 0 Å². The third-order valence-electron chi connectivity index (χ3n) is 6.76. The van der Waals surface area contributed by atoms with Gasteiger partial charge in [-0.3, -0.25) is 15.3 Å². The van der Waals surface area contributed by atoms with E-state index in [1.165, 1.54) is 18.4 Å². The lowest BCUT2D eigenvalue weighted by Gasteiger charge is -2.34. The zero-order valence-corrected chi connectivity index (χ0v) is 22.6. The van der Waals surface area contributed by atoms with Gasteiger partial charge in [0, 0.05) is 50.2 Å². The molecule has 4 N–H and O–H groups in total. The SMILES string of the molecule is CCCC/C=C\CCc1cc(NC2=NC(CN3CCN(C)CC3)N=C(Nc3cccc(CC)c3)N2)n[nH]1. The molecule has 1 atom stereocenters. The van der Waals surface area contributed by atoms with Gasteiger partial charge in [-0.25, -0.2) is 9.98 Å². The quantitative estimate of drug-likeness (QED) is 0.272. The van der Waals surface area contributed by atoms with Gasteiger partial charge >= 0.3 is 0 Å². The van der Waals surface area contributed by atoms with Crippen LogP contribution in [-0.4, -0.2) is 77.9 Å². The number of guanidine groups is 2. The molecule has 1 saturated heterocycles. The molecular weight excluding hydrogens is 462 g/mol. The number of piperazine rings is 1. The lowest BCUT2D eigenvalue weighted by molar-refractivity contribution is 0.148. The highest BCUT2D eigenvalue weighted by molar-refractivity contribution is 6.10. The summed E-state index contributed by atoms with van der Waals surface area (Å²) in [6.45, 7) is 9.39. The Labute approximate surface area is 221 Å². The van der Waals surface area contributed by atoms with Crippen molar-refractivity contribution in [2.75, 3.05) is 50.4 Å². The minimum atomic E-state index is -0.198. The summed E-state index contributed by atoms with van der Waals surface area (Å²) in [6.07, 6.45) is 10.9. The Morgan fingerprint density at radius 3 is 2.57 bits per heavy atom. The van der Waals surface area contributed by atoms with Crippen molar-refractivity contribution >= 4 is 23.4 Å². The predicted octanol–water partition coefficient (Wildman–Crippen LogP) is 4.06. The average molecular weight is 506 g/mol. The Bertz CT molecular complexity index is 1060. The van der Waals surface area contributed by atoms with Gasteiger partial charge in [0.05, 0.1) is 0 Å². The van der Waals surface area contributed by atoms with E-state index in [0.717, 1.165) is 75.6 Å². The summed E-state index contributed by atoms with van der Waals surface area (Å²) in [5.74, 6) is 2.10. The van der Waals surface area contributed by atoms with Crippen LogP contribution in [0.5, 0.6) is 0 Å². The Hall–Kier alpha value is -3.17. The first-order valence-electron chi connectivity index (χ1n) is 13.8. The number of benzene rings is 1. The molecule has 2 aliphatic heterocycles. The van der Waals surface area contributed by atoms with Gasteiger partial charge in [0.2, 0.25) is 11.9 Å². The number of anilines is 2. The number of likely N-dealkylation sites (N-methyl/N-ethyl adjacent to an activating group) is 1. The number of aliphatic imine (C=N–C) groups is 2. The molecule has 0 bridgehead atoms. The Morgan fingerprint density at radius 1 is 1.00 bits per heavy atom. The summed E-state index contributed by atoms with van der Waals surface area (Å²) >= 11 is 0. The summed E-state index contributed by atoms with van der Waals surface area (Å²) in [7, 11) is 2.17. The molecule has 0 amide bonds. The van der Waals surface area contributed by atoms with Crippen LogP contribution in [0.2, 0.25) is 0 Å². The van der Waals surface area contributed by atoms with Crippen molar-refractivity contribution in [3.63, 3.8) is 0 Å². The molecule has 0 radical (unpaired) electrons. The van der Waals surface area contributed by atoms with Gasteiger partial charge < -0.3 is 15.5 Å². The average Bonchev–Trinajstić information content (AvgIpc) is 3.34. The highest BCUT2D eigenvalue weighted by atomic mass is 15.4. The Morgan fingerprint density at radius 2 is 1.78 bits per heavy atom. The number of H-pyrrole nitrogens is 1. The monoisotopic (exact) mass is 505 g/mol. The van der Waals surface area contributed by atoms with Crippen molar-refractivity contribution in [1.82, 2.24) is 25.3 Å². The topological polar surface area (TPSA) is 96.0 Å². The third-order valence-corrected chi connectivity index (χ3v) is 6.76. The van der Waals surface area contributed by atoms with E-state index in [-0.39, 0.29) is 6.17 Å². The number of aromatic amines is 1. The largest absolute Gasteiger partial charge is 0.326 e. The second-order valence-corrected chi connectivity index (χ2v) is 9.90. The molecule has 9 nitrogen and oxygen atoms in total. The number of unbranched alkanes of at least 4 members (excludes halogenated alkanes) is 2. The van der Waals surface area contributed by atoms with Crippen LogP contribution >= 0.6 is 0 Å². The van der Waals surface area contributed by atoms with Crippen molar-refractivity contribution < 1.29 is 0 Å². The van der Waals surface area contributed by atoms with Crippen LogP contribution in [0.1, 0.15) is 50.8 Å². The van der Waals surface area contributed by atoms with Crippen molar-refractivity contribution in [2.45, 2.75) is 58.5 Å². The van der Waals surface area contributed by atoms with Crippen molar-refractivity contribution in [3.8, 4) is 0 Å². The number of aromatic nitrogens is 2. The van der Waals surface area contributed by atoms with E-state index in [9.17, 15) is 0 Å². The van der Waals surface area contributed by atoms with Crippen LogP contribution in [0, 0.1) is 0 Å². The van der Waals surface area contributed by atoms with Gasteiger partial charge in [-0.1, -0.05) is 51.0 Å². The van der Waals surface area contributed by atoms with E-state index >= 15 is 0 Å². The Balaban J connectivity index is 1.40. The molecule has 0 saturated carbocycles. The number of rotatable bonds is 11. The fourth-order valence-corrected chi connectivity index (χ4v) is 4.45. The van der Waals surface area contributed by atoms with Gasteiger partial charge in [-0.05, 0) is 50.4 Å². The maximum atomic E-state index is 4.89. The molecule has 1 aromatic heterocycles. The summed E-state index contributed by atoms with van der Waals surface area (Å²) in [5.41, 5.74) is 3.40. The molecule has 1 aromatic carbocycles. The minimum absolute atomic E-state index is 0.198. The van der Waals surface area contributed by atoms with Crippen LogP contribution in [0.3, 0.4) is 0 Å². The lowest BCUT2D eigenvalue weighted by atomic mass is 10.1. The summed E-state index contributed by atoms with van der Waals surface area (Å²) in [4.78, 5) is 14.6. The zero-order valence-electron chi connectivity index (χ0n) is 22.6. The molecule has 0 spiro atoms. The third kappa shape index (κ3) is 8.72. The van der Waals surface area contributed by atoms with Crippen LogP contribution in [0.25, 0.3) is 0 Å². The molecule has 0 aliphatic carbocycles. The van der Waals surface area contributed by atoms with E-state index in [4.69, 9.17) is 9.98 Å². The Kier molecular flexibility index (Phi) is 10.1. The molecule has 2 aromatic rings. The molecule has 4 rings (SSSR count). The molecule has 9 heteroatoms. The normalized spacial score (nSPS) is 18.9. The number of aryl methyl sites for hydroxylation is 2. The fraction of sp³-hybridized carbons (Fsp3) is 0.536. The van der Waals surface area contributed by atoms with Crippen LogP contribution < -0.4 is 16.0 Å². The predicted molar refractivity (Wildman–Crippen MR) is 154 cm³/mol. The first kappa shape index (κ1) is 26.9. The molecule has 3 heterocycles. The lowest BCUT2D eigenvalue weighted by Crippen LogP contribution is -2.49. The first-order valence-corrected chi connectivity index (χ1v) is 13.8. The van der Waals surface area contributed by atoms with Crippen molar-refractivity contribution in [1.29, 1.82) is 0 Å². The maximum absolute atomic E-state index is 4.89. The van der Waals surface area contributed by atoms with Crippen molar-refractivity contribution in [2.24, 2.45) is 9.98 Å². The summed E-state index contributed by atoms with van der Waals surface area (Å²) in [6, 6.07) is 10.5. The summed E-state index contributed by atoms with van der Waals surface area (Å²) in [5, 5.41) is 17.8. The van der Waals surface area contributed by atoms with Crippen LogP contribution in [-0.2, 0) is 12.8 Å². The molecular formula is C28H43N9. The standard InChI is InChI=1S/C28H43N9/c1-4-6-7-8-9-10-13-24-20-25(35-34-24)30-28-32-26(21-37-17-15-36(3)16-18-37)31-27(33-28)29-23-14-11-12-22(5-2)19-23/h8-9,11-12,14,19-20,26H,4-7,10,13,15-18,21H2,1-3H3,(H4,29,30,31,32,33,34,35)/b9-8-. The van der Waals surface area contributed by atoms with Gasteiger partial charge in [-0.2, -0.15) is 5.10 Å². The van der Waals surface area contributed by atoms with E-state index in [1.807, 2.05) is 0 Å². The first-order chi connectivity index (χ1) is 18.1. The number of nitrogens with one attached hydrogen (secondary N) is 4. The second kappa shape index (κ2) is 13.9. The number of hydrogen-bond donors (Lipinski definition) is 4. The van der Waals surface area contributed by atoms with Crippen LogP contribution in [0.15, 0.2) is 52.5 Å². The minimum Gasteiger partial charge on any atom is -0.326 e. The number of hydrogen-bond acceptors (Lipinski definition) is 8.